The summed E-state index contributed by atoms with van der Waals surface area (Å²) in [5.74, 6) is 0. The van der Waals surface area contributed by atoms with E-state index in [1.165, 1.54) is 17.5 Å². The van der Waals surface area contributed by atoms with Gasteiger partial charge >= 0.3 is 6.03 Å². The van der Waals surface area contributed by atoms with E-state index in [2.05, 4.69) is 29.6 Å². The van der Waals surface area contributed by atoms with E-state index in [9.17, 15) is 4.79 Å². The molecule has 0 bridgehead atoms. The maximum Gasteiger partial charge on any atom is 0.318 e. The first-order valence-electron chi connectivity index (χ1n) is 5.98. The van der Waals surface area contributed by atoms with Crippen LogP contribution in [0.15, 0.2) is 24.3 Å². The molecule has 1 aliphatic carbocycles. The summed E-state index contributed by atoms with van der Waals surface area (Å²) in [7, 11) is 0. The molecule has 84 valence electrons. The number of urea groups is 1. The average Bonchev–Trinajstić information content (AvgIpc) is 2.75. The fourth-order valence-electron chi connectivity index (χ4n) is 2.84. The highest BCUT2D eigenvalue weighted by Crippen LogP contribution is 2.34. The third-order valence-electron chi connectivity index (χ3n) is 3.60. The Morgan fingerprint density at radius 3 is 3.00 bits per heavy atom. The number of fused-ring (bicyclic) bond motifs is 1. The van der Waals surface area contributed by atoms with Crippen molar-refractivity contribution in [2.75, 3.05) is 13.1 Å². The summed E-state index contributed by atoms with van der Waals surface area (Å²) in [6.07, 6.45) is 3.44. The fraction of sp³-hybridized carbons (Fsp3) is 0.462. The Balaban J connectivity index is 1.95. The van der Waals surface area contributed by atoms with Gasteiger partial charge in [-0.25, -0.2) is 4.79 Å². The lowest BCUT2D eigenvalue weighted by atomic mass is 9.87. The number of nitrogens with zero attached hydrogens (tertiary/aromatic N) is 1. The first-order valence-corrected chi connectivity index (χ1v) is 5.98. The summed E-state index contributed by atoms with van der Waals surface area (Å²) in [6.45, 7) is 1.63. The van der Waals surface area contributed by atoms with E-state index < -0.39 is 0 Å². The second kappa shape index (κ2) is 3.81. The van der Waals surface area contributed by atoms with Gasteiger partial charge in [0.1, 0.15) is 0 Å². The second-order valence-electron chi connectivity index (χ2n) is 4.53. The molecule has 0 saturated carbocycles. The molecular formula is C13H16N2O. The number of hydrogen-bond acceptors (Lipinski definition) is 1. The highest BCUT2D eigenvalue weighted by Gasteiger charge is 2.31. The largest absolute Gasteiger partial charge is 0.336 e. The SMILES string of the molecule is O=C1NCCN1[C@@H]1CCCc2ccccc21. The Morgan fingerprint density at radius 2 is 2.19 bits per heavy atom. The number of aryl methyl sites for hydroxylation is 1. The molecule has 0 radical (unpaired) electrons. The van der Waals surface area contributed by atoms with Gasteiger partial charge in [-0.3, -0.25) is 0 Å². The molecular weight excluding hydrogens is 200 g/mol. The minimum atomic E-state index is 0.0988. The third-order valence-corrected chi connectivity index (χ3v) is 3.60. The van der Waals surface area contributed by atoms with Crippen LogP contribution in [0.5, 0.6) is 0 Å². The Labute approximate surface area is 95.4 Å². The zero-order valence-corrected chi connectivity index (χ0v) is 9.28. The Hall–Kier alpha value is -1.51. The normalized spacial score (nSPS) is 24.1. The van der Waals surface area contributed by atoms with Crippen molar-refractivity contribution < 1.29 is 4.79 Å². The molecule has 1 aromatic rings. The van der Waals surface area contributed by atoms with Gasteiger partial charge < -0.3 is 10.2 Å². The second-order valence-corrected chi connectivity index (χ2v) is 4.53. The molecule has 3 heteroatoms. The lowest BCUT2D eigenvalue weighted by Gasteiger charge is -2.32. The molecule has 1 N–H and O–H groups in total. The zero-order chi connectivity index (χ0) is 11.0. The maximum absolute atomic E-state index is 11.7. The van der Waals surface area contributed by atoms with Gasteiger partial charge in [0.25, 0.3) is 0 Å². The number of carbonyl (C=O) groups excluding carboxylic acids is 1. The van der Waals surface area contributed by atoms with Crippen LogP contribution in [0.2, 0.25) is 0 Å². The maximum atomic E-state index is 11.7. The topological polar surface area (TPSA) is 32.3 Å². The quantitative estimate of drug-likeness (QED) is 0.766. The number of nitrogens with one attached hydrogen (secondary N) is 1. The standard InChI is InChI=1S/C13H16N2O/c16-13-14-8-9-15(13)12-7-3-5-10-4-1-2-6-11(10)12/h1-2,4,6,12H,3,5,7-9H2,(H,14,16)/t12-/m1/s1. The van der Waals surface area contributed by atoms with Crippen LogP contribution in [0.3, 0.4) is 0 Å². The predicted octanol–water partition coefficient (Wildman–Crippen LogP) is 2.09. The molecule has 0 aromatic heterocycles. The van der Waals surface area contributed by atoms with Crippen LogP contribution in [0, 0.1) is 0 Å². The van der Waals surface area contributed by atoms with Crippen LogP contribution in [-0.2, 0) is 6.42 Å². The lowest BCUT2D eigenvalue weighted by Crippen LogP contribution is -2.34. The van der Waals surface area contributed by atoms with E-state index in [4.69, 9.17) is 0 Å². The van der Waals surface area contributed by atoms with E-state index in [-0.39, 0.29) is 6.03 Å². The van der Waals surface area contributed by atoms with Crippen molar-refractivity contribution in [2.24, 2.45) is 0 Å². The molecule has 2 aliphatic rings. The van der Waals surface area contributed by atoms with Gasteiger partial charge in [-0.2, -0.15) is 0 Å². The van der Waals surface area contributed by atoms with Crippen molar-refractivity contribution in [1.29, 1.82) is 0 Å². The zero-order valence-electron chi connectivity index (χ0n) is 9.28. The van der Waals surface area contributed by atoms with Crippen molar-refractivity contribution in [2.45, 2.75) is 25.3 Å². The van der Waals surface area contributed by atoms with E-state index in [1.807, 2.05) is 4.90 Å². The smallest absolute Gasteiger partial charge is 0.318 e. The molecule has 1 aliphatic heterocycles. The average molecular weight is 216 g/mol. The predicted molar refractivity (Wildman–Crippen MR) is 62.2 cm³/mol. The highest BCUT2D eigenvalue weighted by atomic mass is 16.2. The molecule has 0 unspecified atom stereocenters. The summed E-state index contributed by atoms with van der Waals surface area (Å²) >= 11 is 0. The molecule has 1 aromatic carbocycles. The molecule has 1 fully saturated rings. The summed E-state index contributed by atoms with van der Waals surface area (Å²) in [5.41, 5.74) is 2.77. The summed E-state index contributed by atoms with van der Waals surface area (Å²) < 4.78 is 0. The van der Waals surface area contributed by atoms with Crippen LogP contribution >= 0.6 is 0 Å². The van der Waals surface area contributed by atoms with E-state index in [1.54, 1.807) is 0 Å². The minimum Gasteiger partial charge on any atom is -0.336 e. The molecule has 3 nitrogen and oxygen atoms in total. The Morgan fingerprint density at radius 1 is 1.31 bits per heavy atom. The number of carbonyl (C=O) groups is 1. The molecule has 1 saturated heterocycles. The summed E-state index contributed by atoms with van der Waals surface area (Å²) in [6, 6.07) is 8.92. The molecule has 0 spiro atoms. The van der Waals surface area contributed by atoms with Gasteiger partial charge in [0, 0.05) is 13.1 Å². The molecule has 16 heavy (non-hydrogen) atoms. The van der Waals surface area contributed by atoms with Gasteiger partial charge in [0.15, 0.2) is 0 Å². The van der Waals surface area contributed by atoms with E-state index >= 15 is 0 Å². The third kappa shape index (κ3) is 1.47. The van der Waals surface area contributed by atoms with Crippen molar-refractivity contribution in [1.82, 2.24) is 10.2 Å². The van der Waals surface area contributed by atoms with Gasteiger partial charge in [-0.15, -0.1) is 0 Å². The van der Waals surface area contributed by atoms with E-state index in [0.717, 1.165) is 25.9 Å². The number of rotatable bonds is 1. The first kappa shape index (κ1) is 9.70. The van der Waals surface area contributed by atoms with Crippen molar-refractivity contribution in [3.8, 4) is 0 Å². The monoisotopic (exact) mass is 216 g/mol. The molecule has 2 amide bonds. The molecule has 1 heterocycles. The van der Waals surface area contributed by atoms with Crippen LogP contribution in [0.4, 0.5) is 4.79 Å². The van der Waals surface area contributed by atoms with Crippen LogP contribution in [0.1, 0.15) is 30.0 Å². The summed E-state index contributed by atoms with van der Waals surface area (Å²) in [4.78, 5) is 13.7. The molecule has 3 rings (SSSR count). The van der Waals surface area contributed by atoms with Gasteiger partial charge in [-0.1, -0.05) is 24.3 Å². The van der Waals surface area contributed by atoms with Crippen molar-refractivity contribution in [3.05, 3.63) is 35.4 Å². The minimum absolute atomic E-state index is 0.0988. The Bertz CT molecular complexity index is 416. The van der Waals surface area contributed by atoms with E-state index in [0.29, 0.717) is 6.04 Å². The van der Waals surface area contributed by atoms with Gasteiger partial charge in [0.2, 0.25) is 0 Å². The fourth-order valence-corrected chi connectivity index (χ4v) is 2.84. The van der Waals surface area contributed by atoms with Crippen molar-refractivity contribution in [3.63, 3.8) is 0 Å². The van der Waals surface area contributed by atoms with Crippen LogP contribution in [-0.4, -0.2) is 24.0 Å². The van der Waals surface area contributed by atoms with Crippen molar-refractivity contribution >= 4 is 6.03 Å². The lowest BCUT2D eigenvalue weighted by molar-refractivity contribution is 0.191. The molecule has 1 atom stereocenters. The van der Waals surface area contributed by atoms with Gasteiger partial charge in [0.05, 0.1) is 6.04 Å². The number of hydrogen-bond donors (Lipinski definition) is 1. The van der Waals surface area contributed by atoms with Crippen LogP contribution in [0.25, 0.3) is 0 Å². The number of amides is 2. The Kier molecular flexibility index (Phi) is 2.31. The summed E-state index contributed by atoms with van der Waals surface area (Å²) in [5, 5.41) is 2.88. The van der Waals surface area contributed by atoms with Crippen LogP contribution < -0.4 is 5.32 Å². The first-order chi connectivity index (χ1) is 7.86. The van der Waals surface area contributed by atoms with Gasteiger partial charge in [-0.05, 0) is 30.4 Å². The number of benzene rings is 1. The highest BCUT2D eigenvalue weighted by molar-refractivity contribution is 5.76.